The van der Waals surface area contributed by atoms with Crippen LogP contribution in [0.15, 0.2) is 0 Å². The van der Waals surface area contributed by atoms with E-state index in [2.05, 4.69) is 47.8 Å². The Labute approximate surface area is 128 Å². The van der Waals surface area contributed by atoms with Gasteiger partial charge in [0.1, 0.15) is 0 Å². The maximum Gasteiger partial charge on any atom is 0.156 e. The van der Waals surface area contributed by atoms with Crippen molar-refractivity contribution >= 4 is 5.82 Å². The zero-order valence-electron chi connectivity index (χ0n) is 13.9. The molecule has 118 valence electrons. The number of aryl methyl sites for hydroxylation is 1. The lowest BCUT2D eigenvalue weighted by atomic mass is 10.0. The molecule has 0 spiro atoms. The van der Waals surface area contributed by atoms with Gasteiger partial charge in [-0.25, -0.2) is 0 Å². The van der Waals surface area contributed by atoms with Crippen LogP contribution in [0.1, 0.15) is 44.0 Å². The molecule has 1 aromatic rings. The predicted molar refractivity (Wildman–Crippen MR) is 87.6 cm³/mol. The van der Waals surface area contributed by atoms with E-state index in [0.717, 1.165) is 50.4 Å². The van der Waals surface area contributed by atoms with Gasteiger partial charge >= 0.3 is 0 Å². The quantitative estimate of drug-likeness (QED) is 0.913. The summed E-state index contributed by atoms with van der Waals surface area (Å²) in [5.74, 6) is 1.01. The van der Waals surface area contributed by atoms with Crippen LogP contribution in [0.25, 0.3) is 0 Å². The molecule has 0 aliphatic carbocycles. The molecule has 1 atom stereocenters. The predicted octanol–water partition coefficient (Wildman–Crippen LogP) is 1.59. The Bertz CT molecular complexity index is 474. The van der Waals surface area contributed by atoms with Crippen molar-refractivity contribution in [2.75, 3.05) is 31.6 Å². The highest BCUT2D eigenvalue weighted by Gasteiger charge is 2.25. The minimum Gasteiger partial charge on any atom is -0.351 e. The molecule has 21 heavy (non-hydrogen) atoms. The van der Waals surface area contributed by atoms with E-state index in [1.807, 2.05) is 0 Å². The van der Waals surface area contributed by atoms with Gasteiger partial charge in [0.25, 0.3) is 0 Å². The maximum absolute atomic E-state index is 6.06. The first-order valence-electron chi connectivity index (χ1n) is 8.14. The van der Waals surface area contributed by atoms with Crippen LogP contribution in [0.3, 0.4) is 0 Å². The van der Waals surface area contributed by atoms with Gasteiger partial charge in [0.05, 0.1) is 5.69 Å². The first kappa shape index (κ1) is 16.2. The Balaban J connectivity index is 2.42. The van der Waals surface area contributed by atoms with Gasteiger partial charge in [0.15, 0.2) is 5.82 Å². The number of nitrogens with zero attached hydrogens (tertiary/aromatic N) is 4. The second-order valence-electron chi connectivity index (χ2n) is 6.00. The first-order chi connectivity index (χ1) is 10.1. The highest BCUT2D eigenvalue weighted by Crippen LogP contribution is 2.26. The van der Waals surface area contributed by atoms with E-state index in [4.69, 9.17) is 5.73 Å². The standard InChI is InChI=1S/C16H29N5/c1-5-13-14(10-17)16(19-18-15(13)6-2)21-9-7-8-20(4)11-12(21)3/h12H,5-11,17H2,1-4H3. The van der Waals surface area contributed by atoms with Crippen molar-refractivity contribution in [2.45, 2.75) is 52.6 Å². The zero-order chi connectivity index (χ0) is 15.4. The summed E-state index contributed by atoms with van der Waals surface area (Å²) in [6.07, 6.45) is 3.05. The second kappa shape index (κ2) is 7.18. The fourth-order valence-corrected chi connectivity index (χ4v) is 3.37. The summed E-state index contributed by atoms with van der Waals surface area (Å²) in [5, 5.41) is 9.02. The van der Waals surface area contributed by atoms with Gasteiger partial charge in [-0.05, 0) is 45.3 Å². The third kappa shape index (κ3) is 3.35. The summed E-state index contributed by atoms with van der Waals surface area (Å²) in [4.78, 5) is 4.79. The van der Waals surface area contributed by atoms with E-state index in [-0.39, 0.29) is 0 Å². The van der Waals surface area contributed by atoms with Gasteiger partial charge in [-0.15, -0.1) is 5.10 Å². The number of hydrogen-bond acceptors (Lipinski definition) is 5. The summed E-state index contributed by atoms with van der Waals surface area (Å²) in [5.41, 5.74) is 9.66. The van der Waals surface area contributed by atoms with E-state index in [9.17, 15) is 0 Å². The van der Waals surface area contributed by atoms with Gasteiger partial charge in [0, 0.05) is 31.2 Å². The van der Waals surface area contributed by atoms with E-state index in [1.165, 1.54) is 11.1 Å². The van der Waals surface area contributed by atoms with Crippen LogP contribution < -0.4 is 10.6 Å². The van der Waals surface area contributed by atoms with Crippen molar-refractivity contribution < 1.29 is 0 Å². The average Bonchev–Trinajstić information content (AvgIpc) is 2.65. The summed E-state index contributed by atoms with van der Waals surface area (Å²) in [7, 11) is 2.19. The van der Waals surface area contributed by atoms with Crippen LogP contribution in [0.4, 0.5) is 5.82 Å². The fraction of sp³-hybridized carbons (Fsp3) is 0.750. The van der Waals surface area contributed by atoms with Crippen LogP contribution in [-0.2, 0) is 19.4 Å². The Hall–Kier alpha value is -1.20. The molecule has 2 rings (SSSR count). The number of likely N-dealkylation sites (N-methyl/N-ethyl adjacent to an activating group) is 1. The Kier molecular flexibility index (Phi) is 5.53. The summed E-state index contributed by atoms with van der Waals surface area (Å²) in [6, 6.07) is 0.439. The minimum absolute atomic E-state index is 0.439. The summed E-state index contributed by atoms with van der Waals surface area (Å²) < 4.78 is 0. The van der Waals surface area contributed by atoms with Crippen molar-refractivity contribution in [1.29, 1.82) is 0 Å². The van der Waals surface area contributed by atoms with E-state index < -0.39 is 0 Å². The lowest BCUT2D eigenvalue weighted by Crippen LogP contribution is -2.39. The highest BCUT2D eigenvalue weighted by atomic mass is 15.3. The molecule has 5 nitrogen and oxygen atoms in total. The number of hydrogen-bond donors (Lipinski definition) is 1. The Morgan fingerprint density at radius 1 is 1.14 bits per heavy atom. The van der Waals surface area contributed by atoms with Crippen LogP contribution >= 0.6 is 0 Å². The smallest absolute Gasteiger partial charge is 0.156 e. The number of aromatic nitrogens is 2. The molecular weight excluding hydrogens is 262 g/mol. The average molecular weight is 291 g/mol. The van der Waals surface area contributed by atoms with Gasteiger partial charge in [-0.2, -0.15) is 5.10 Å². The Morgan fingerprint density at radius 2 is 1.90 bits per heavy atom. The molecule has 0 amide bonds. The van der Waals surface area contributed by atoms with Gasteiger partial charge in [0.2, 0.25) is 0 Å². The third-order valence-corrected chi connectivity index (χ3v) is 4.46. The van der Waals surface area contributed by atoms with Crippen LogP contribution in [-0.4, -0.2) is 47.8 Å². The van der Waals surface area contributed by atoms with Crippen molar-refractivity contribution in [1.82, 2.24) is 15.1 Å². The molecule has 0 bridgehead atoms. The number of anilines is 1. The number of nitrogens with two attached hydrogens (primary N) is 1. The fourth-order valence-electron chi connectivity index (χ4n) is 3.37. The first-order valence-corrected chi connectivity index (χ1v) is 8.14. The Morgan fingerprint density at radius 3 is 2.52 bits per heavy atom. The molecule has 1 unspecified atom stereocenters. The topological polar surface area (TPSA) is 58.3 Å². The van der Waals surface area contributed by atoms with Crippen molar-refractivity contribution in [3.63, 3.8) is 0 Å². The van der Waals surface area contributed by atoms with Gasteiger partial charge < -0.3 is 15.5 Å². The molecule has 1 aliphatic heterocycles. The monoisotopic (exact) mass is 291 g/mol. The van der Waals surface area contributed by atoms with Crippen LogP contribution in [0.5, 0.6) is 0 Å². The molecule has 2 heterocycles. The van der Waals surface area contributed by atoms with Crippen molar-refractivity contribution in [2.24, 2.45) is 5.73 Å². The molecule has 0 saturated carbocycles. The van der Waals surface area contributed by atoms with Crippen molar-refractivity contribution in [3.05, 3.63) is 16.8 Å². The SMILES string of the molecule is CCc1nnc(N2CCCN(C)CC2C)c(CN)c1CC. The third-order valence-electron chi connectivity index (χ3n) is 4.46. The molecule has 1 fully saturated rings. The molecule has 1 aromatic heterocycles. The van der Waals surface area contributed by atoms with Gasteiger partial charge in [-0.1, -0.05) is 13.8 Å². The van der Waals surface area contributed by atoms with E-state index in [0.29, 0.717) is 12.6 Å². The lowest BCUT2D eigenvalue weighted by Gasteiger charge is -2.31. The molecule has 2 N–H and O–H groups in total. The molecule has 1 saturated heterocycles. The molecule has 0 aromatic carbocycles. The van der Waals surface area contributed by atoms with Gasteiger partial charge in [-0.3, -0.25) is 0 Å². The zero-order valence-corrected chi connectivity index (χ0v) is 13.9. The minimum atomic E-state index is 0.439. The lowest BCUT2D eigenvalue weighted by molar-refractivity contribution is 0.337. The second-order valence-corrected chi connectivity index (χ2v) is 6.00. The largest absolute Gasteiger partial charge is 0.351 e. The molecule has 1 aliphatic rings. The number of rotatable bonds is 4. The molecule has 5 heteroatoms. The van der Waals surface area contributed by atoms with Crippen LogP contribution in [0, 0.1) is 0 Å². The van der Waals surface area contributed by atoms with E-state index >= 15 is 0 Å². The van der Waals surface area contributed by atoms with E-state index in [1.54, 1.807) is 0 Å². The highest BCUT2D eigenvalue weighted by molar-refractivity contribution is 5.52. The normalized spacial score (nSPS) is 20.6. The molecule has 0 radical (unpaired) electrons. The summed E-state index contributed by atoms with van der Waals surface area (Å²) >= 11 is 0. The summed E-state index contributed by atoms with van der Waals surface area (Å²) in [6.45, 7) is 10.3. The maximum atomic E-state index is 6.06. The molecular formula is C16H29N5. The van der Waals surface area contributed by atoms with Crippen LogP contribution in [0.2, 0.25) is 0 Å². The van der Waals surface area contributed by atoms with Crippen molar-refractivity contribution in [3.8, 4) is 0 Å².